The molecule has 1 aliphatic heterocycles. The predicted octanol–water partition coefficient (Wildman–Crippen LogP) is 5.33. The maximum absolute atomic E-state index is 13.3. The van der Waals surface area contributed by atoms with Gasteiger partial charge in [-0.2, -0.15) is 0 Å². The Morgan fingerprint density at radius 1 is 1.03 bits per heavy atom. The summed E-state index contributed by atoms with van der Waals surface area (Å²) in [5.41, 5.74) is 1.75. The van der Waals surface area contributed by atoms with Gasteiger partial charge in [0.15, 0.2) is 0 Å². The number of likely N-dealkylation sites (tertiary alicyclic amines) is 1. The summed E-state index contributed by atoms with van der Waals surface area (Å²) in [7, 11) is 0. The molecule has 1 aliphatic rings. The van der Waals surface area contributed by atoms with E-state index in [2.05, 4.69) is 21.2 Å². The highest BCUT2D eigenvalue weighted by molar-refractivity contribution is 9.10. The number of fused-ring (bicyclic) bond motifs is 1. The number of halogens is 1. The van der Waals surface area contributed by atoms with Crippen molar-refractivity contribution in [3.8, 4) is 0 Å². The van der Waals surface area contributed by atoms with Gasteiger partial charge in [0.25, 0.3) is 5.91 Å². The highest BCUT2D eigenvalue weighted by Gasteiger charge is 2.30. The monoisotopic (exact) mass is 464 g/mol. The fraction of sp³-hybridized carbons (Fsp3) is 0.280. The molecule has 0 saturated carbocycles. The fourth-order valence-electron chi connectivity index (χ4n) is 4.19. The number of rotatable bonds is 4. The van der Waals surface area contributed by atoms with Crippen molar-refractivity contribution in [3.63, 3.8) is 0 Å². The van der Waals surface area contributed by atoms with Crippen LogP contribution < -0.4 is 5.32 Å². The third kappa shape index (κ3) is 4.26. The second-order valence-corrected chi connectivity index (χ2v) is 8.72. The van der Waals surface area contributed by atoms with Gasteiger partial charge in [0, 0.05) is 23.1 Å². The van der Waals surface area contributed by atoms with Crippen LogP contribution in [0.25, 0.3) is 10.8 Å². The van der Waals surface area contributed by atoms with Crippen LogP contribution in [0.5, 0.6) is 0 Å². The van der Waals surface area contributed by atoms with Crippen LogP contribution in [-0.4, -0.2) is 29.8 Å². The lowest BCUT2D eigenvalue weighted by atomic mass is 9.95. The normalized spacial score (nSPS) is 17.5. The summed E-state index contributed by atoms with van der Waals surface area (Å²) in [6, 6.07) is 21.5. The first kappa shape index (κ1) is 20.6. The second-order valence-electron chi connectivity index (χ2n) is 7.87. The highest BCUT2D eigenvalue weighted by Crippen LogP contribution is 2.26. The first-order valence-electron chi connectivity index (χ1n) is 10.4. The summed E-state index contributed by atoms with van der Waals surface area (Å²) in [5.74, 6) is -0.181. The molecular weight excluding hydrogens is 440 g/mol. The molecule has 1 saturated heterocycles. The number of carbonyl (C=O) groups is 2. The molecular formula is C25H25BrN2O2. The number of benzene rings is 3. The minimum atomic E-state index is -0.192. The van der Waals surface area contributed by atoms with Crippen molar-refractivity contribution in [1.29, 1.82) is 0 Å². The van der Waals surface area contributed by atoms with Gasteiger partial charge < -0.3 is 10.2 Å². The maximum Gasteiger partial charge on any atom is 0.254 e. The first-order valence-corrected chi connectivity index (χ1v) is 11.2. The second kappa shape index (κ2) is 9.00. The van der Waals surface area contributed by atoms with Crippen molar-refractivity contribution in [1.82, 2.24) is 10.2 Å². The molecule has 1 N–H and O–H groups in total. The van der Waals surface area contributed by atoms with Gasteiger partial charge in [0.1, 0.15) is 0 Å². The molecule has 0 aromatic heterocycles. The average Bonchev–Trinajstić information content (AvgIpc) is 2.78. The Morgan fingerprint density at radius 2 is 1.77 bits per heavy atom. The van der Waals surface area contributed by atoms with Crippen LogP contribution in [0.1, 0.15) is 41.7 Å². The molecule has 5 heteroatoms. The number of amides is 2. The summed E-state index contributed by atoms with van der Waals surface area (Å²) in [6.07, 6.45) is 1.63. The van der Waals surface area contributed by atoms with Crippen LogP contribution in [0.15, 0.2) is 71.2 Å². The first-order chi connectivity index (χ1) is 14.5. The van der Waals surface area contributed by atoms with Gasteiger partial charge in [-0.1, -0.05) is 70.5 Å². The minimum Gasteiger partial charge on any atom is -0.349 e. The Morgan fingerprint density at radius 3 is 2.60 bits per heavy atom. The summed E-state index contributed by atoms with van der Waals surface area (Å²) in [4.78, 5) is 28.0. The third-order valence-electron chi connectivity index (χ3n) is 5.83. The van der Waals surface area contributed by atoms with Gasteiger partial charge in [-0.3, -0.25) is 9.59 Å². The van der Waals surface area contributed by atoms with Crippen LogP contribution in [0.4, 0.5) is 0 Å². The van der Waals surface area contributed by atoms with E-state index >= 15 is 0 Å². The molecule has 4 nitrogen and oxygen atoms in total. The van der Waals surface area contributed by atoms with Crippen molar-refractivity contribution in [3.05, 3.63) is 82.3 Å². The summed E-state index contributed by atoms with van der Waals surface area (Å²) in [6.45, 7) is 3.13. The lowest BCUT2D eigenvalue weighted by Gasteiger charge is -2.33. The summed E-state index contributed by atoms with van der Waals surface area (Å²) < 4.78 is 0.981. The molecule has 2 unspecified atom stereocenters. The van der Waals surface area contributed by atoms with E-state index in [1.54, 1.807) is 0 Å². The smallest absolute Gasteiger partial charge is 0.254 e. The number of nitrogens with zero attached hydrogens (tertiary/aromatic N) is 1. The molecule has 2 amide bonds. The molecule has 0 aliphatic carbocycles. The maximum atomic E-state index is 13.3. The van der Waals surface area contributed by atoms with Crippen LogP contribution >= 0.6 is 15.9 Å². The molecule has 30 heavy (non-hydrogen) atoms. The minimum absolute atomic E-state index is 0.00292. The van der Waals surface area contributed by atoms with Gasteiger partial charge in [-0.15, -0.1) is 0 Å². The zero-order chi connectivity index (χ0) is 21.1. The van der Waals surface area contributed by atoms with E-state index in [9.17, 15) is 9.59 Å². The van der Waals surface area contributed by atoms with Gasteiger partial charge in [-0.05, 0) is 48.2 Å². The molecule has 2 atom stereocenters. The van der Waals surface area contributed by atoms with Crippen LogP contribution in [0.2, 0.25) is 0 Å². The number of nitrogens with one attached hydrogen (secondary N) is 1. The lowest BCUT2D eigenvalue weighted by Crippen LogP contribution is -2.46. The number of hydrogen-bond acceptors (Lipinski definition) is 2. The summed E-state index contributed by atoms with van der Waals surface area (Å²) >= 11 is 3.55. The average molecular weight is 465 g/mol. The Kier molecular flexibility index (Phi) is 6.18. The van der Waals surface area contributed by atoms with Gasteiger partial charge in [-0.25, -0.2) is 0 Å². The predicted molar refractivity (Wildman–Crippen MR) is 123 cm³/mol. The van der Waals surface area contributed by atoms with Gasteiger partial charge in [0.05, 0.1) is 12.0 Å². The van der Waals surface area contributed by atoms with Crippen molar-refractivity contribution < 1.29 is 9.59 Å². The molecule has 0 spiro atoms. The molecule has 3 aromatic carbocycles. The van der Waals surface area contributed by atoms with E-state index in [1.165, 1.54) is 0 Å². The Bertz CT molecular complexity index is 1080. The van der Waals surface area contributed by atoms with Gasteiger partial charge in [0.2, 0.25) is 5.91 Å². The highest BCUT2D eigenvalue weighted by atomic mass is 79.9. The lowest BCUT2D eigenvalue weighted by molar-refractivity contribution is -0.127. The quantitative estimate of drug-likeness (QED) is 0.566. The van der Waals surface area contributed by atoms with Crippen LogP contribution in [0, 0.1) is 5.92 Å². The SMILES string of the molecule is CC(NC(=O)C1CCCN(C(=O)c2cccc3ccccc23)C1)c1ccccc1Br. The van der Waals surface area contributed by atoms with Crippen molar-refractivity contribution in [2.45, 2.75) is 25.8 Å². The largest absolute Gasteiger partial charge is 0.349 e. The van der Waals surface area contributed by atoms with E-state index in [1.807, 2.05) is 78.6 Å². The Hall–Kier alpha value is -2.66. The molecule has 154 valence electrons. The van der Waals surface area contributed by atoms with E-state index < -0.39 is 0 Å². The van der Waals surface area contributed by atoms with E-state index in [0.29, 0.717) is 18.7 Å². The number of piperidine rings is 1. The molecule has 3 aromatic rings. The van der Waals surface area contributed by atoms with Crippen molar-refractivity contribution in [2.75, 3.05) is 13.1 Å². The summed E-state index contributed by atoms with van der Waals surface area (Å²) in [5, 5.41) is 5.14. The molecule has 4 rings (SSSR count). The van der Waals surface area contributed by atoms with Gasteiger partial charge >= 0.3 is 0 Å². The number of carbonyl (C=O) groups excluding carboxylic acids is 2. The third-order valence-corrected chi connectivity index (χ3v) is 6.55. The van der Waals surface area contributed by atoms with Crippen LogP contribution in [-0.2, 0) is 4.79 Å². The zero-order valence-corrected chi connectivity index (χ0v) is 18.6. The molecule has 0 bridgehead atoms. The Labute approximate surface area is 185 Å². The van der Waals surface area contributed by atoms with E-state index in [0.717, 1.165) is 33.7 Å². The van der Waals surface area contributed by atoms with Crippen LogP contribution in [0.3, 0.4) is 0 Å². The van der Waals surface area contributed by atoms with Crippen molar-refractivity contribution >= 4 is 38.5 Å². The Balaban J connectivity index is 1.47. The molecule has 1 fully saturated rings. The van der Waals surface area contributed by atoms with Crippen molar-refractivity contribution in [2.24, 2.45) is 5.92 Å². The van der Waals surface area contributed by atoms with E-state index in [4.69, 9.17) is 0 Å². The zero-order valence-electron chi connectivity index (χ0n) is 17.0. The van der Waals surface area contributed by atoms with E-state index in [-0.39, 0.29) is 23.8 Å². The standard InChI is InChI=1S/C25H25BrN2O2/c1-17(20-11-4-5-14-23(20)26)27-24(29)19-10-7-15-28(16-19)25(30)22-13-6-9-18-8-2-3-12-21(18)22/h2-6,8-9,11-14,17,19H,7,10,15-16H2,1H3,(H,27,29). The topological polar surface area (TPSA) is 49.4 Å². The number of hydrogen-bond donors (Lipinski definition) is 1. The molecule has 1 heterocycles. The molecule has 0 radical (unpaired) electrons. The fourth-order valence-corrected chi connectivity index (χ4v) is 4.82.